The van der Waals surface area contributed by atoms with Gasteiger partial charge in [0.15, 0.2) is 0 Å². The first-order valence-electron chi connectivity index (χ1n) is 7.02. The van der Waals surface area contributed by atoms with Gasteiger partial charge in [0, 0.05) is 6.42 Å². The van der Waals surface area contributed by atoms with Crippen molar-refractivity contribution in [2.75, 3.05) is 0 Å². The molecule has 0 aromatic heterocycles. The second-order valence-corrected chi connectivity index (χ2v) is 6.93. The maximum atomic E-state index is 12.0. The second kappa shape index (κ2) is 7.95. The highest BCUT2D eigenvalue weighted by molar-refractivity contribution is 6.42. The van der Waals surface area contributed by atoms with Crippen LogP contribution in [0.15, 0.2) is 18.2 Å². The van der Waals surface area contributed by atoms with Crippen molar-refractivity contribution in [3.63, 3.8) is 0 Å². The van der Waals surface area contributed by atoms with Crippen LogP contribution in [0.3, 0.4) is 0 Å². The van der Waals surface area contributed by atoms with Crippen LogP contribution < -0.4 is 5.73 Å². The van der Waals surface area contributed by atoms with Gasteiger partial charge in [0.2, 0.25) is 0 Å². The number of ketones is 1. The van der Waals surface area contributed by atoms with Gasteiger partial charge in [-0.05, 0) is 44.9 Å². The number of halogens is 2. The summed E-state index contributed by atoms with van der Waals surface area (Å²) in [5, 5.41) is 0.919. The molecule has 122 valence electrons. The molecule has 0 spiro atoms. The minimum Gasteiger partial charge on any atom is -0.460 e. The van der Waals surface area contributed by atoms with Crippen LogP contribution in [0.1, 0.15) is 39.2 Å². The predicted octanol–water partition coefficient (Wildman–Crippen LogP) is 3.55. The molecule has 0 aliphatic carbocycles. The molecule has 0 unspecified atom stereocenters. The predicted molar refractivity (Wildman–Crippen MR) is 88.2 cm³/mol. The molecule has 0 aliphatic rings. The number of carbonyl (C=O) groups is 2. The van der Waals surface area contributed by atoms with Gasteiger partial charge in [0.1, 0.15) is 11.4 Å². The summed E-state index contributed by atoms with van der Waals surface area (Å²) in [6.45, 7) is 5.30. The average Bonchev–Trinajstić information content (AvgIpc) is 2.37. The van der Waals surface area contributed by atoms with E-state index in [-0.39, 0.29) is 18.6 Å². The van der Waals surface area contributed by atoms with Gasteiger partial charge in [-0.2, -0.15) is 0 Å². The monoisotopic (exact) mass is 345 g/mol. The van der Waals surface area contributed by atoms with Crippen LogP contribution in [0.4, 0.5) is 0 Å². The van der Waals surface area contributed by atoms with E-state index in [9.17, 15) is 9.59 Å². The zero-order valence-corrected chi connectivity index (χ0v) is 14.5. The highest BCUT2D eigenvalue weighted by Gasteiger charge is 2.22. The molecule has 1 atom stereocenters. The number of hydrogen-bond acceptors (Lipinski definition) is 4. The third-order valence-electron chi connectivity index (χ3n) is 2.86. The Morgan fingerprint density at radius 3 is 2.41 bits per heavy atom. The molecule has 0 fully saturated rings. The lowest BCUT2D eigenvalue weighted by Gasteiger charge is -2.20. The Morgan fingerprint density at radius 2 is 1.86 bits per heavy atom. The molecule has 1 aromatic carbocycles. The maximum Gasteiger partial charge on any atom is 0.308 e. The summed E-state index contributed by atoms with van der Waals surface area (Å²) in [7, 11) is 0. The van der Waals surface area contributed by atoms with Crippen molar-refractivity contribution in [1.82, 2.24) is 0 Å². The summed E-state index contributed by atoms with van der Waals surface area (Å²) in [6.07, 6.45) is 0.622. The van der Waals surface area contributed by atoms with Crippen molar-refractivity contribution in [1.29, 1.82) is 0 Å². The lowest BCUT2D eigenvalue weighted by molar-refractivity contribution is -0.156. The molecule has 4 nitrogen and oxygen atoms in total. The Morgan fingerprint density at radius 1 is 1.23 bits per heavy atom. The molecule has 22 heavy (non-hydrogen) atoms. The quantitative estimate of drug-likeness (QED) is 0.800. The zero-order chi connectivity index (χ0) is 16.9. The first-order valence-corrected chi connectivity index (χ1v) is 7.78. The first kappa shape index (κ1) is 18.9. The number of ether oxygens (including phenoxy) is 1. The SMILES string of the molecule is CC(C)(C)OC(=O)C[C@@H](N)C(=O)CCc1ccc(Cl)c(Cl)c1. The molecule has 1 rings (SSSR count). The van der Waals surface area contributed by atoms with Crippen molar-refractivity contribution < 1.29 is 14.3 Å². The van der Waals surface area contributed by atoms with E-state index in [1.54, 1.807) is 39.0 Å². The largest absolute Gasteiger partial charge is 0.460 e. The van der Waals surface area contributed by atoms with Gasteiger partial charge in [-0.25, -0.2) is 0 Å². The number of Topliss-reactive ketones (excluding diaryl/α,β-unsaturated/α-hetero) is 1. The summed E-state index contributed by atoms with van der Waals surface area (Å²) in [5.74, 6) is -0.653. The zero-order valence-electron chi connectivity index (χ0n) is 13.0. The molecular weight excluding hydrogens is 325 g/mol. The van der Waals surface area contributed by atoms with Crippen molar-refractivity contribution in [3.8, 4) is 0 Å². The van der Waals surface area contributed by atoms with Gasteiger partial charge in [-0.1, -0.05) is 29.3 Å². The Labute approximate surface area is 140 Å². The van der Waals surface area contributed by atoms with E-state index < -0.39 is 17.6 Å². The molecule has 0 radical (unpaired) electrons. The fraction of sp³-hybridized carbons (Fsp3) is 0.500. The Balaban J connectivity index is 2.47. The molecule has 6 heteroatoms. The molecule has 0 amide bonds. The van der Waals surface area contributed by atoms with E-state index in [1.807, 2.05) is 0 Å². The van der Waals surface area contributed by atoms with Gasteiger partial charge >= 0.3 is 5.97 Å². The summed E-state index contributed by atoms with van der Waals surface area (Å²) < 4.78 is 5.15. The summed E-state index contributed by atoms with van der Waals surface area (Å²) in [4.78, 5) is 23.6. The summed E-state index contributed by atoms with van der Waals surface area (Å²) in [5.41, 5.74) is 6.07. The topological polar surface area (TPSA) is 69.4 Å². The van der Waals surface area contributed by atoms with E-state index in [0.717, 1.165) is 5.56 Å². The minimum atomic E-state index is -0.849. The third-order valence-corrected chi connectivity index (χ3v) is 3.60. The van der Waals surface area contributed by atoms with Crippen LogP contribution >= 0.6 is 23.2 Å². The Bertz CT molecular complexity index is 553. The van der Waals surface area contributed by atoms with Crippen LogP contribution in [0.25, 0.3) is 0 Å². The van der Waals surface area contributed by atoms with Crippen molar-refractivity contribution >= 4 is 35.0 Å². The van der Waals surface area contributed by atoms with Crippen LogP contribution in [-0.2, 0) is 20.7 Å². The first-order chi connectivity index (χ1) is 10.1. The smallest absolute Gasteiger partial charge is 0.308 e. The fourth-order valence-electron chi connectivity index (χ4n) is 1.82. The average molecular weight is 346 g/mol. The van der Waals surface area contributed by atoms with Gasteiger partial charge in [-0.3, -0.25) is 9.59 Å². The highest BCUT2D eigenvalue weighted by Crippen LogP contribution is 2.23. The molecule has 0 bridgehead atoms. The lowest BCUT2D eigenvalue weighted by atomic mass is 10.0. The van der Waals surface area contributed by atoms with Crippen molar-refractivity contribution in [2.45, 2.75) is 51.7 Å². The Kier molecular flexibility index (Phi) is 6.85. The molecule has 0 saturated heterocycles. The Hall–Kier alpha value is -1.10. The number of hydrogen-bond donors (Lipinski definition) is 1. The number of carbonyl (C=O) groups excluding carboxylic acids is 2. The van der Waals surface area contributed by atoms with Crippen molar-refractivity contribution in [2.24, 2.45) is 5.73 Å². The molecule has 2 N–H and O–H groups in total. The van der Waals surface area contributed by atoms with Gasteiger partial charge in [0.25, 0.3) is 0 Å². The van der Waals surface area contributed by atoms with Gasteiger partial charge in [-0.15, -0.1) is 0 Å². The molecule has 0 saturated carbocycles. The number of nitrogens with two attached hydrogens (primary N) is 1. The number of benzene rings is 1. The summed E-state index contributed by atoms with van der Waals surface area (Å²) >= 11 is 11.8. The standard InChI is InChI=1S/C16H21Cl2NO3/c1-16(2,3)22-15(21)9-13(19)14(20)7-5-10-4-6-11(17)12(18)8-10/h4,6,8,13H,5,7,9,19H2,1-3H3/t13-/m1/s1. The lowest BCUT2D eigenvalue weighted by Crippen LogP contribution is -2.35. The highest BCUT2D eigenvalue weighted by atomic mass is 35.5. The fourth-order valence-corrected chi connectivity index (χ4v) is 2.15. The summed E-state index contributed by atoms with van der Waals surface area (Å²) in [6, 6.07) is 4.36. The van der Waals surface area contributed by atoms with Crippen LogP contribution in [0.2, 0.25) is 10.0 Å². The number of aryl methyl sites for hydroxylation is 1. The van der Waals surface area contributed by atoms with Crippen molar-refractivity contribution in [3.05, 3.63) is 33.8 Å². The van der Waals surface area contributed by atoms with E-state index >= 15 is 0 Å². The van der Waals surface area contributed by atoms with Gasteiger partial charge < -0.3 is 10.5 Å². The maximum absolute atomic E-state index is 12.0. The molecule has 0 aliphatic heterocycles. The second-order valence-electron chi connectivity index (χ2n) is 6.11. The van der Waals surface area contributed by atoms with Crippen LogP contribution in [-0.4, -0.2) is 23.4 Å². The molecule has 1 aromatic rings. The number of esters is 1. The molecule has 0 heterocycles. The van der Waals surface area contributed by atoms with E-state index in [4.69, 9.17) is 33.7 Å². The van der Waals surface area contributed by atoms with Crippen LogP contribution in [0, 0.1) is 0 Å². The van der Waals surface area contributed by atoms with E-state index in [0.29, 0.717) is 16.5 Å². The van der Waals surface area contributed by atoms with Crippen LogP contribution in [0.5, 0.6) is 0 Å². The van der Waals surface area contributed by atoms with E-state index in [1.165, 1.54) is 0 Å². The molecular formula is C16H21Cl2NO3. The third kappa shape index (κ3) is 6.77. The number of rotatable bonds is 6. The minimum absolute atomic E-state index is 0.114. The van der Waals surface area contributed by atoms with E-state index in [2.05, 4.69) is 0 Å². The van der Waals surface area contributed by atoms with Gasteiger partial charge in [0.05, 0.1) is 22.5 Å². The normalized spacial score (nSPS) is 12.8.